The van der Waals surface area contributed by atoms with Gasteiger partial charge >= 0.3 is 6.01 Å². The number of ether oxygens (including phenoxy) is 2. The largest absolute Gasteiger partial charge is 0.489 e. The molecule has 1 aliphatic heterocycles. The summed E-state index contributed by atoms with van der Waals surface area (Å²) in [7, 11) is 3.04. The van der Waals surface area contributed by atoms with E-state index in [1.54, 1.807) is 7.05 Å². The third-order valence-electron chi connectivity index (χ3n) is 5.81. The molecule has 1 aliphatic rings. The van der Waals surface area contributed by atoms with E-state index in [-0.39, 0.29) is 55.7 Å². The van der Waals surface area contributed by atoms with Crippen LogP contribution in [0.4, 0.5) is 19.6 Å². The maximum atomic E-state index is 16.3. The summed E-state index contributed by atoms with van der Waals surface area (Å²) in [6.45, 7) is 11.6. The van der Waals surface area contributed by atoms with Gasteiger partial charge in [-0.15, -0.1) is 11.3 Å². The van der Waals surface area contributed by atoms with Crippen LogP contribution in [0.5, 0.6) is 11.8 Å². The van der Waals surface area contributed by atoms with Gasteiger partial charge in [-0.1, -0.05) is 51.8 Å². The highest BCUT2D eigenvalue weighted by Crippen LogP contribution is 2.50. The molecule has 0 fully saturated rings. The van der Waals surface area contributed by atoms with Crippen LogP contribution in [-0.2, 0) is 0 Å². The molecule has 0 saturated heterocycles. The lowest BCUT2D eigenvalue weighted by molar-refractivity contribution is 0.332. The minimum atomic E-state index is -0.735. The normalized spacial score (nSPS) is 12.0. The van der Waals surface area contributed by atoms with Crippen LogP contribution < -0.4 is 19.7 Å². The van der Waals surface area contributed by atoms with Gasteiger partial charge in [0.25, 0.3) is 0 Å². The van der Waals surface area contributed by atoms with E-state index >= 15 is 4.39 Å². The molecule has 7 nitrogen and oxygen atoms in total. The third kappa shape index (κ3) is 5.25. The molecule has 3 heterocycles. The lowest BCUT2D eigenvalue weighted by Gasteiger charge is -2.21. The van der Waals surface area contributed by atoms with Crippen LogP contribution in [0, 0.1) is 23.0 Å². The van der Waals surface area contributed by atoms with E-state index in [1.165, 1.54) is 25.7 Å². The van der Waals surface area contributed by atoms with Crippen molar-refractivity contribution in [3.8, 4) is 29.0 Å². The molecule has 0 atom stereocenters. The summed E-state index contributed by atoms with van der Waals surface area (Å²) in [6.07, 6.45) is 1.25. The van der Waals surface area contributed by atoms with E-state index in [4.69, 9.17) is 21.1 Å². The first-order valence-electron chi connectivity index (χ1n) is 12.8. The predicted molar refractivity (Wildman–Crippen MR) is 157 cm³/mol. The van der Waals surface area contributed by atoms with Crippen molar-refractivity contribution < 1.29 is 18.3 Å². The van der Waals surface area contributed by atoms with Gasteiger partial charge in [0.15, 0.2) is 11.6 Å². The van der Waals surface area contributed by atoms with Crippen molar-refractivity contribution in [3.63, 3.8) is 0 Å². The van der Waals surface area contributed by atoms with Crippen molar-refractivity contribution >= 4 is 54.7 Å². The van der Waals surface area contributed by atoms with Crippen LogP contribution in [0.25, 0.3) is 32.1 Å². The Morgan fingerprint density at radius 3 is 2.49 bits per heavy atom. The fraction of sp³-hybridized carbons (Fsp3) is 0.393. The number of anilines is 2. The zero-order valence-corrected chi connectivity index (χ0v) is 24.7. The van der Waals surface area contributed by atoms with E-state index in [9.17, 15) is 9.65 Å². The van der Waals surface area contributed by atoms with Crippen LogP contribution in [0.3, 0.4) is 0 Å². The van der Waals surface area contributed by atoms with Gasteiger partial charge in [0, 0.05) is 24.5 Å². The molecular weight excluding hydrogens is 544 g/mol. The van der Waals surface area contributed by atoms with Crippen LogP contribution in [0.1, 0.15) is 46.6 Å². The standard InChI is InChI=1S/C23H18ClF2N5O2S.C3H8.C2H6/c1-4-31-7-8-33-19-15-18(29-23(32-3)30-21(15)31)17(26)14(16(19)24)10-5-6-12(25)20-13(10)11(9-27)22(28-2)34-20;1-3-2;1-2/h5-6,28H,4,7-8H2,1-3H3;3H2,1-2H3;1-2H3. The topological polar surface area (TPSA) is 83.3 Å². The van der Waals surface area contributed by atoms with Crippen molar-refractivity contribution in [1.29, 1.82) is 5.26 Å². The highest BCUT2D eigenvalue weighted by molar-refractivity contribution is 7.23. The summed E-state index contributed by atoms with van der Waals surface area (Å²) >= 11 is 7.87. The minimum Gasteiger partial charge on any atom is -0.489 e. The van der Waals surface area contributed by atoms with Crippen LogP contribution in [0.15, 0.2) is 12.1 Å². The predicted octanol–water partition coefficient (Wildman–Crippen LogP) is 8.03. The van der Waals surface area contributed by atoms with Crippen LogP contribution in [-0.4, -0.2) is 43.8 Å². The first-order chi connectivity index (χ1) is 18.9. The van der Waals surface area contributed by atoms with Crippen molar-refractivity contribution in [2.24, 2.45) is 0 Å². The van der Waals surface area contributed by atoms with Crippen molar-refractivity contribution in [3.05, 3.63) is 34.4 Å². The van der Waals surface area contributed by atoms with Gasteiger partial charge in [0.05, 0.1) is 34.3 Å². The highest BCUT2D eigenvalue weighted by Gasteiger charge is 2.31. The van der Waals surface area contributed by atoms with Gasteiger partial charge in [-0.2, -0.15) is 15.2 Å². The fourth-order valence-corrected chi connectivity index (χ4v) is 5.63. The summed E-state index contributed by atoms with van der Waals surface area (Å²) in [4.78, 5) is 10.6. The Bertz CT molecular complexity index is 1540. The lowest BCUT2D eigenvalue weighted by atomic mass is 9.96. The molecule has 0 unspecified atom stereocenters. The Morgan fingerprint density at radius 1 is 1.21 bits per heavy atom. The Hall–Kier alpha value is -3.42. The van der Waals surface area contributed by atoms with Crippen molar-refractivity contribution in [2.75, 3.05) is 44.1 Å². The molecule has 0 spiro atoms. The number of rotatable bonds is 4. The summed E-state index contributed by atoms with van der Waals surface area (Å²) in [5, 5.41) is 13.8. The number of fused-ring (bicyclic) bond motifs is 1. The molecule has 4 aromatic rings. The van der Waals surface area contributed by atoms with Gasteiger partial charge in [0.2, 0.25) is 0 Å². The maximum Gasteiger partial charge on any atom is 0.318 e. The molecule has 0 amide bonds. The second-order valence-corrected chi connectivity index (χ2v) is 9.59. The number of hydrogen-bond acceptors (Lipinski definition) is 8. The molecule has 39 heavy (non-hydrogen) atoms. The second kappa shape index (κ2) is 13.1. The monoisotopic (exact) mass is 575 g/mol. The zero-order chi connectivity index (χ0) is 28.9. The van der Waals surface area contributed by atoms with E-state index < -0.39 is 11.6 Å². The Balaban J connectivity index is 0.000000787. The number of aromatic nitrogens is 2. The minimum absolute atomic E-state index is 0.00376. The molecule has 0 radical (unpaired) electrons. The Kier molecular flexibility index (Phi) is 10.1. The zero-order valence-electron chi connectivity index (χ0n) is 23.1. The summed E-state index contributed by atoms with van der Waals surface area (Å²) < 4.78 is 42.4. The highest BCUT2D eigenvalue weighted by atomic mass is 35.5. The molecule has 0 saturated carbocycles. The van der Waals surface area contributed by atoms with Gasteiger partial charge < -0.3 is 19.7 Å². The Labute approximate surface area is 236 Å². The molecule has 11 heteroatoms. The van der Waals surface area contributed by atoms with Gasteiger partial charge in [0.1, 0.15) is 34.8 Å². The van der Waals surface area contributed by atoms with Crippen LogP contribution in [0.2, 0.25) is 5.02 Å². The molecule has 2 aromatic carbocycles. The molecule has 208 valence electrons. The Morgan fingerprint density at radius 2 is 1.90 bits per heavy atom. The smallest absolute Gasteiger partial charge is 0.318 e. The van der Waals surface area contributed by atoms with Gasteiger partial charge in [-0.3, -0.25) is 0 Å². The molecule has 0 aliphatic carbocycles. The fourth-order valence-electron chi connectivity index (χ4n) is 4.26. The second-order valence-electron chi connectivity index (χ2n) is 8.19. The number of nitrogens with one attached hydrogen (secondary N) is 1. The average molecular weight is 576 g/mol. The third-order valence-corrected chi connectivity index (χ3v) is 7.39. The quantitative estimate of drug-likeness (QED) is 0.264. The van der Waals surface area contributed by atoms with Crippen molar-refractivity contribution in [2.45, 2.75) is 41.0 Å². The maximum absolute atomic E-state index is 16.3. The number of thiophene rings is 1. The first-order valence-corrected chi connectivity index (χ1v) is 14.0. The molecule has 0 bridgehead atoms. The molecule has 2 aromatic heterocycles. The average Bonchev–Trinajstić information content (AvgIpc) is 3.24. The summed E-state index contributed by atoms with van der Waals surface area (Å²) in [5.41, 5.74) is 0.419. The SMILES string of the molecule is CC.CCC.CCN1CCOc2c(Cl)c(-c3ccc(F)c4sc(NC)c(C#N)c34)c(F)c3nc(OC)nc1c23. The molecule has 1 N–H and O–H groups in total. The summed E-state index contributed by atoms with van der Waals surface area (Å²) in [6, 6.07) is 4.75. The number of nitrogens with zero attached hydrogens (tertiary/aromatic N) is 4. The number of nitriles is 1. The lowest BCUT2D eigenvalue weighted by Crippen LogP contribution is -2.27. The van der Waals surface area contributed by atoms with E-state index in [0.29, 0.717) is 29.3 Å². The van der Waals surface area contributed by atoms with Crippen molar-refractivity contribution in [1.82, 2.24) is 9.97 Å². The van der Waals surface area contributed by atoms with Gasteiger partial charge in [-0.25, -0.2) is 8.78 Å². The number of methoxy groups -OCH3 is 1. The summed E-state index contributed by atoms with van der Waals surface area (Å²) in [5.74, 6) is -0.555. The van der Waals surface area contributed by atoms with E-state index in [2.05, 4.69) is 35.2 Å². The number of halogens is 3. The number of benzene rings is 2. The van der Waals surface area contributed by atoms with E-state index in [1.807, 2.05) is 25.7 Å². The van der Waals surface area contributed by atoms with Crippen LogP contribution >= 0.6 is 22.9 Å². The first kappa shape index (κ1) is 30.1. The van der Waals surface area contributed by atoms with E-state index in [0.717, 1.165) is 11.3 Å². The number of likely N-dealkylation sites (N-methyl/N-ethyl adjacent to an activating group) is 1. The molecular formula is C28H32ClF2N5O2S. The van der Waals surface area contributed by atoms with Gasteiger partial charge in [-0.05, 0) is 18.6 Å². The number of hydrogen-bond donors (Lipinski definition) is 1. The molecule has 5 rings (SSSR count).